The number of carbonyl (C=O) groups is 2. The predicted octanol–water partition coefficient (Wildman–Crippen LogP) is -1.85. The van der Waals surface area contributed by atoms with E-state index in [9.17, 15) is 9.59 Å². The van der Waals surface area contributed by atoms with E-state index in [4.69, 9.17) is 11.5 Å². The molecule has 1 unspecified atom stereocenters. The normalized spacial score (nSPS) is 11.0. The summed E-state index contributed by atoms with van der Waals surface area (Å²) in [5, 5.41) is 8.72. The van der Waals surface area contributed by atoms with Gasteiger partial charge in [0, 0.05) is 0 Å². The van der Waals surface area contributed by atoms with E-state index in [1.165, 1.54) is 0 Å². The van der Waals surface area contributed by atoms with Crippen molar-refractivity contribution in [1.29, 1.82) is 0 Å². The molecule has 0 amide bonds. The van der Waals surface area contributed by atoms with Gasteiger partial charge < -0.3 is 14.5 Å². The molecule has 5 nitrogen and oxygen atoms in total. The average molecular weight is 168 g/mol. The van der Waals surface area contributed by atoms with Crippen molar-refractivity contribution in [3.05, 3.63) is 0 Å². The van der Waals surface area contributed by atoms with Crippen molar-refractivity contribution >= 4 is 20.0 Å². The Hall–Kier alpha value is -1.48. The molecule has 2 radical (unpaired) electrons. The maximum atomic E-state index is 10.6. The Kier molecular flexibility index (Phi) is 4.57. The number of carbonyl (C=O) groups excluding carboxylic acids is 2. The van der Waals surface area contributed by atoms with Gasteiger partial charge in [-0.3, -0.25) is 4.79 Å². The highest BCUT2D eigenvalue weighted by Crippen LogP contribution is 1.90. The molecular formula is C6H5BO5. The molecule has 0 aromatic carbocycles. The second-order valence-electron chi connectivity index (χ2n) is 1.65. The maximum Gasteiger partial charge on any atom is 0.378 e. The summed E-state index contributed by atoms with van der Waals surface area (Å²) in [6.07, 6.45) is 2.70. The second kappa shape index (κ2) is 5.21. The van der Waals surface area contributed by atoms with Crippen LogP contribution >= 0.6 is 0 Å². The minimum Gasteiger partial charge on any atom is -0.541 e. The average Bonchev–Trinajstić information content (AvgIpc) is 2.11. The van der Waals surface area contributed by atoms with E-state index in [0.717, 1.165) is 0 Å². The summed E-state index contributed by atoms with van der Waals surface area (Å²) < 4.78 is 7.77. The van der Waals surface area contributed by atoms with Crippen LogP contribution in [0.1, 0.15) is 0 Å². The summed E-state index contributed by atoms with van der Waals surface area (Å²) in [6.45, 7) is -0.326. The van der Waals surface area contributed by atoms with Crippen molar-refractivity contribution in [3.8, 4) is 12.3 Å². The van der Waals surface area contributed by atoms with Gasteiger partial charge in [-0.2, -0.15) is 0 Å². The molecule has 0 heterocycles. The number of hydrogen-bond donors (Lipinski definition) is 1. The van der Waals surface area contributed by atoms with Crippen molar-refractivity contribution in [2.45, 2.75) is 6.10 Å². The first-order valence-corrected chi connectivity index (χ1v) is 2.82. The largest absolute Gasteiger partial charge is 0.541 e. The Balaban J connectivity index is 3.94. The Bertz CT molecular complexity index is 218. The fourth-order valence-electron chi connectivity index (χ4n) is 0.352. The molecule has 0 aliphatic heterocycles. The maximum absolute atomic E-state index is 10.6. The lowest BCUT2D eigenvalue weighted by atomic mass is 10.3. The first kappa shape index (κ1) is 10.5. The molecule has 0 aromatic heterocycles. The van der Waals surface area contributed by atoms with Gasteiger partial charge >= 0.3 is 20.0 Å². The van der Waals surface area contributed by atoms with Gasteiger partial charge in [-0.1, -0.05) is 5.92 Å². The fraction of sp³-hybridized carbons (Fsp3) is 0.333. The van der Waals surface area contributed by atoms with E-state index < -0.39 is 18.0 Å². The molecule has 1 N–H and O–H groups in total. The molecule has 1 atom stereocenters. The highest BCUT2D eigenvalue weighted by atomic mass is 16.6. The van der Waals surface area contributed by atoms with Gasteiger partial charge in [0.05, 0.1) is 0 Å². The first-order valence-electron chi connectivity index (χ1n) is 2.82. The van der Waals surface area contributed by atoms with Gasteiger partial charge in [-0.25, -0.2) is 4.79 Å². The van der Waals surface area contributed by atoms with Crippen LogP contribution in [-0.2, 0) is 19.0 Å². The van der Waals surface area contributed by atoms with E-state index in [2.05, 4.69) is 17.4 Å². The quantitative estimate of drug-likeness (QED) is 0.232. The zero-order chi connectivity index (χ0) is 9.56. The summed E-state index contributed by atoms with van der Waals surface area (Å²) in [6, 6.07) is 0. The van der Waals surface area contributed by atoms with Crippen LogP contribution in [0.2, 0.25) is 0 Å². The van der Waals surface area contributed by atoms with Gasteiger partial charge in [0.25, 0.3) is 0 Å². The van der Waals surface area contributed by atoms with Crippen molar-refractivity contribution in [2.75, 3.05) is 6.61 Å². The van der Waals surface area contributed by atoms with Crippen LogP contribution in [0.25, 0.3) is 0 Å². The molecular weight excluding hydrogens is 163 g/mol. The fourth-order valence-corrected chi connectivity index (χ4v) is 0.352. The summed E-state index contributed by atoms with van der Waals surface area (Å²) in [7, 11) is 4.38. The second-order valence-corrected chi connectivity index (χ2v) is 1.65. The van der Waals surface area contributed by atoms with Crippen LogP contribution in [-0.4, -0.2) is 37.8 Å². The van der Waals surface area contributed by atoms with E-state index >= 15 is 0 Å². The molecule has 0 rings (SSSR count). The number of aliphatic hydroxyl groups excluding tert-OH is 1. The number of ether oxygens (including phenoxy) is 1. The summed E-state index contributed by atoms with van der Waals surface area (Å²) >= 11 is 0. The van der Waals surface area contributed by atoms with Crippen LogP contribution in [0, 0.1) is 12.3 Å². The molecule has 0 aromatic rings. The molecule has 0 aliphatic rings. The third kappa shape index (κ3) is 3.08. The van der Waals surface area contributed by atoms with Crippen molar-refractivity contribution in [3.63, 3.8) is 0 Å². The third-order valence-electron chi connectivity index (χ3n) is 0.860. The lowest BCUT2D eigenvalue weighted by Gasteiger charge is -2.06. The monoisotopic (exact) mass is 168 g/mol. The molecule has 0 saturated heterocycles. The van der Waals surface area contributed by atoms with Crippen molar-refractivity contribution in [1.82, 2.24) is 0 Å². The van der Waals surface area contributed by atoms with Crippen LogP contribution < -0.4 is 0 Å². The summed E-state index contributed by atoms with van der Waals surface area (Å²) in [5.41, 5.74) is 0. The zero-order valence-corrected chi connectivity index (χ0v) is 6.02. The SMILES string of the molecule is [B]OC(=O)C(O)C(=O)OCC#C. The number of rotatable bonds is 3. The molecule has 6 heteroatoms. The van der Waals surface area contributed by atoms with Crippen LogP contribution in [0.3, 0.4) is 0 Å². The van der Waals surface area contributed by atoms with Crippen LogP contribution in [0.15, 0.2) is 0 Å². The van der Waals surface area contributed by atoms with Gasteiger partial charge in [0.15, 0.2) is 6.61 Å². The number of aliphatic hydroxyl groups is 1. The first-order chi connectivity index (χ1) is 5.63. The smallest absolute Gasteiger partial charge is 0.378 e. The molecule has 0 aliphatic carbocycles. The Morgan fingerprint density at radius 3 is 2.58 bits per heavy atom. The van der Waals surface area contributed by atoms with Gasteiger partial charge in [0.1, 0.15) is 0 Å². The van der Waals surface area contributed by atoms with Gasteiger partial charge in [-0.15, -0.1) is 6.42 Å². The van der Waals surface area contributed by atoms with E-state index in [1.807, 2.05) is 5.92 Å². The zero-order valence-electron chi connectivity index (χ0n) is 6.02. The lowest BCUT2D eigenvalue weighted by molar-refractivity contribution is -0.162. The van der Waals surface area contributed by atoms with Gasteiger partial charge in [-0.05, 0) is 0 Å². The van der Waals surface area contributed by atoms with Gasteiger partial charge in [0.2, 0.25) is 6.10 Å². The highest BCUT2D eigenvalue weighted by Gasteiger charge is 2.25. The summed E-state index contributed by atoms with van der Waals surface area (Å²) in [4.78, 5) is 20.9. The molecule has 62 valence electrons. The lowest BCUT2D eigenvalue weighted by Crippen LogP contribution is -2.32. The molecule has 0 spiro atoms. The topological polar surface area (TPSA) is 72.8 Å². The van der Waals surface area contributed by atoms with Crippen molar-refractivity contribution < 1.29 is 24.1 Å². The summed E-state index contributed by atoms with van der Waals surface area (Å²) in [5.74, 6) is -0.513. The van der Waals surface area contributed by atoms with Crippen LogP contribution in [0.4, 0.5) is 0 Å². The predicted molar refractivity (Wildman–Crippen MR) is 37.6 cm³/mol. The molecule has 0 saturated carbocycles. The van der Waals surface area contributed by atoms with Crippen molar-refractivity contribution in [2.24, 2.45) is 0 Å². The highest BCUT2D eigenvalue weighted by molar-refractivity contribution is 6.10. The minimum absolute atomic E-state index is 0.326. The molecule has 12 heavy (non-hydrogen) atoms. The Labute approximate surface area is 70.1 Å². The van der Waals surface area contributed by atoms with E-state index in [0.29, 0.717) is 0 Å². The molecule has 0 bridgehead atoms. The third-order valence-corrected chi connectivity index (χ3v) is 0.860. The van der Waals surface area contributed by atoms with E-state index in [-0.39, 0.29) is 6.61 Å². The number of hydrogen-bond acceptors (Lipinski definition) is 5. The Morgan fingerprint density at radius 1 is 1.58 bits per heavy atom. The molecule has 0 fully saturated rings. The van der Waals surface area contributed by atoms with E-state index in [1.54, 1.807) is 0 Å². The standard InChI is InChI=1S/C6H5BO5/c1-2-3-11-5(9)4(8)6(10)12-7/h1,4,8H,3H2. The minimum atomic E-state index is -2.04. The number of terminal acetylenes is 1. The number of esters is 1. The Morgan fingerprint density at radius 2 is 2.17 bits per heavy atom. The van der Waals surface area contributed by atoms with Crippen LogP contribution in [0.5, 0.6) is 0 Å².